The Kier molecular flexibility index (Phi) is 5.19. The lowest BCUT2D eigenvalue weighted by Crippen LogP contribution is -2.24. The molecule has 1 saturated heterocycles. The number of hydrogen-bond donors (Lipinski definition) is 1. The Hall–Kier alpha value is -2.19. The van der Waals surface area contributed by atoms with Gasteiger partial charge in [0, 0.05) is 18.4 Å². The van der Waals surface area contributed by atoms with Gasteiger partial charge in [-0.2, -0.15) is 5.10 Å². The minimum Gasteiger partial charge on any atom is -0.376 e. The van der Waals surface area contributed by atoms with Crippen molar-refractivity contribution in [3.8, 4) is 0 Å². The third-order valence-corrected chi connectivity index (χ3v) is 5.52. The average molecular weight is 363 g/mol. The van der Waals surface area contributed by atoms with Crippen LogP contribution >= 0.6 is 0 Å². The smallest absolute Gasteiger partial charge is 0.261 e. The number of nitrogens with one attached hydrogen (secondary N) is 1. The molecule has 0 saturated carbocycles. The number of rotatable bonds is 6. The summed E-state index contributed by atoms with van der Waals surface area (Å²) in [5, 5.41) is 4.19. The van der Waals surface area contributed by atoms with Crippen LogP contribution in [-0.2, 0) is 21.3 Å². The van der Waals surface area contributed by atoms with Crippen LogP contribution < -0.4 is 4.72 Å². The van der Waals surface area contributed by atoms with Crippen molar-refractivity contribution in [2.24, 2.45) is 0 Å². The van der Waals surface area contributed by atoms with Gasteiger partial charge in [0.05, 0.1) is 29.4 Å². The Morgan fingerprint density at radius 3 is 2.72 bits per heavy atom. The number of anilines is 1. The summed E-state index contributed by atoms with van der Waals surface area (Å²) >= 11 is 0. The van der Waals surface area contributed by atoms with E-state index in [0.29, 0.717) is 17.8 Å². The highest BCUT2D eigenvalue weighted by molar-refractivity contribution is 7.92. The number of carbonyl (C=O) groups is 1. The molecule has 134 valence electrons. The summed E-state index contributed by atoms with van der Waals surface area (Å²) in [6, 6.07) is 5.83. The van der Waals surface area contributed by atoms with Gasteiger partial charge in [0.1, 0.15) is 0 Å². The van der Waals surface area contributed by atoms with E-state index in [4.69, 9.17) is 4.74 Å². The Labute approximate surface area is 147 Å². The van der Waals surface area contributed by atoms with Gasteiger partial charge in [0.2, 0.25) is 0 Å². The number of Topliss-reactive ketones (excluding diaryl/α,β-unsaturated/α-hetero) is 1. The van der Waals surface area contributed by atoms with E-state index in [1.807, 2.05) is 0 Å². The summed E-state index contributed by atoms with van der Waals surface area (Å²) in [6.07, 6.45) is 6.47. The molecule has 0 bridgehead atoms. The summed E-state index contributed by atoms with van der Waals surface area (Å²) in [4.78, 5) is 11.4. The van der Waals surface area contributed by atoms with Crippen LogP contribution in [0.5, 0.6) is 0 Å². The van der Waals surface area contributed by atoms with Crippen LogP contribution in [0, 0.1) is 0 Å². The lowest BCUT2D eigenvalue weighted by Gasteiger charge is -2.22. The minimum absolute atomic E-state index is 0.0980. The van der Waals surface area contributed by atoms with E-state index in [1.165, 1.54) is 37.4 Å². The molecule has 1 atom stereocenters. The fraction of sp³-hybridized carbons (Fsp3) is 0.412. The zero-order valence-corrected chi connectivity index (χ0v) is 14.8. The van der Waals surface area contributed by atoms with E-state index >= 15 is 0 Å². The molecule has 0 spiro atoms. The number of ketones is 1. The second-order valence-electron chi connectivity index (χ2n) is 6.13. The number of carbonyl (C=O) groups excluding carboxylic acids is 1. The maximum Gasteiger partial charge on any atom is 0.261 e. The molecular formula is C17H21N3O4S. The molecule has 0 aliphatic carbocycles. The maximum atomic E-state index is 12.4. The van der Waals surface area contributed by atoms with Gasteiger partial charge in [-0.05, 0) is 38.3 Å². The van der Waals surface area contributed by atoms with Crippen molar-refractivity contribution in [2.75, 3.05) is 11.3 Å². The maximum absolute atomic E-state index is 12.4. The van der Waals surface area contributed by atoms with Gasteiger partial charge >= 0.3 is 0 Å². The van der Waals surface area contributed by atoms with Gasteiger partial charge in [-0.3, -0.25) is 14.2 Å². The van der Waals surface area contributed by atoms with Crippen molar-refractivity contribution in [1.29, 1.82) is 0 Å². The quantitative estimate of drug-likeness (QED) is 0.796. The first-order chi connectivity index (χ1) is 11.9. The van der Waals surface area contributed by atoms with Crippen LogP contribution in [0.1, 0.15) is 36.5 Å². The van der Waals surface area contributed by atoms with E-state index in [9.17, 15) is 13.2 Å². The standard InChI is InChI=1S/C17H21N3O4S/c1-13(21)14-5-7-17(8-6-14)25(22,23)19-15-10-18-20(11-15)12-16-4-2-3-9-24-16/h5-8,10-11,16,19H,2-4,9,12H2,1H3. The van der Waals surface area contributed by atoms with Crippen LogP contribution in [-0.4, -0.2) is 36.7 Å². The molecule has 1 aliphatic rings. The van der Waals surface area contributed by atoms with Crippen molar-refractivity contribution >= 4 is 21.5 Å². The molecular weight excluding hydrogens is 342 g/mol. The van der Waals surface area contributed by atoms with Crippen LogP contribution in [0.15, 0.2) is 41.6 Å². The van der Waals surface area contributed by atoms with Gasteiger partial charge in [0.15, 0.2) is 5.78 Å². The number of ether oxygens (including phenoxy) is 1. The monoisotopic (exact) mass is 363 g/mol. The molecule has 7 nitrogen and oxygen atoms in total. The minimum atomic E-state index is -3.72. The number of hydrogen-bond acceptors (Lipinski definition) is 5. The van der Waals surface area contributed by atoms with Crippen molar-refractivity contribution < 1.29 is 17.9 Å². The van der Waals surface area contributed by atoms with Gasteiger partial charge in [-0.1, -0.05) is 12.1 Å². The second kappa shape index (κ2) is 7.37. The summed E-state index contributed by atoms with van der Waals surface area (Å²) in [6.45, 7) is 2.81. The molecule has 2 aromatic rings. The molecule has 0 radical (unpaired) electrons. The number of nitrogens with zero attached hydrogens (tertiary/aromatic N) is 2. The summed E-state index contributed by atoms with van der Waals surface area (Å²) < 4.78 is 34.7. The molecule has 1 aliphatic heterocycles. The van der Waals surface area contributed by atoms with Crippen LogP contribution in [0.25, 0.3) is 0 Å². The Morgan fingerprint density at radius 1 is 1.32 bits per heavy atom. The SMILES string of the molecule is CC(=O)c1ccc(S(=O)(=O)Nc2cnn(CC3CCCCO3)c2)cc1. The second-order valence-corrected chi connectivity index (χ2v) is 7.81. The highest BCUT2D eigenvalue weighted by Crippen LogP contribution is 2.18. The van der Waals surface area contributed by atoms with Crippen molar-refractivity contribution in [3.05, 3.63) is 42.2 Å². The first-order valence-corrected chi connectivity index (χ1v) is 9.70. The van der Waals surface area contributed by atoms with E-state index in [0.717, 1.165) is 25.9 Å². The van der Waals surface area contributed by atoms with Gasteiger partial charge in [-0.25, -0.2) is 8.42 Å². The van der Waals surface area contributed by atoms with Gasteiger partial charge in [-0.15, -0.1) is 0 Å². The topological polar surface area (TPSA) is 90.3 Å². The lowest BCUT2D eigenvalue weighted by molar-refractivity contribution is 0.00400. The lowest BCUT2D eigenvalue weighted by atomic mass is 10.1. The predicted molar refractivity (Wildman–Crippen MR) is 93.1 cm³/mol. The average Bonchev–Trinajstić information content (AvgIpc) is 3.02. The van der Waals surface area contributed by atoms with Crippen LogP contribution in [0.2, 0.25) is 0 Å². The first-order valence-electron chi connectivity index (χ1n) is 8.22. The third-order valence-electron chi connectivity index (χ3n) is 4.12. The van der Waals surface area contributed by atoms with E-state index in [1.54, 1.807) is 10.9 Å². The van der Waals surface area contributed by atoms with E-state index < -0.39 is 10.0 Å². The molecule has 0 amide bonds. The molecule has 25 heavy (non-hydrogen) atoms. The molecule has 1 aromatic carbocycles. The summed E-state index contributed by atoms with van der Waals surface area (Å²) in [5.74, 6) is -0.108. The number of aromatic nitrogens is 2. The van der Waals surface area contributed by atoms with Crippen molar-refractivity contribution in [2.45, 2.75) is 43.7 Å². The highest BCUT2D eigenvalue weighted by atomic mass is 32.2. The molecule has 1 aromatic heterocycles. The molecule has 2 heterocycles. The van der Waals surface area contributed by atoms with Crippen molar-refractivity contribution in [1.82, 2.24) is 9.78 Å². The first kappa shape index (κ1) is 17.6. The summed E-state index contributed by atoms with van der Waals surface area (Å²) in [7, 11) is -3.72. The third kappa shape index (κ3) is 4.46. The molecule has 1 unspecified atom stereocenters. The Morgan fingerprint density at radius 2 is 2.08 bits per heavy atom. The fourth-order valence-corrected chi connectivity index (χ4v) is 3.79. The van der Waals surface area contributed by atoms with E-state index in [2.05, 4.69) is 9.82 Å². The number of sulfonamides is 1. The molecule has 8 heteroatoms. The normalized spacial score (nSPS) is 18.0. The molecule has 1 N–H and O–H groups in total. The zero-order chi connectivity index (χ0) is 17.9. The van der Waals surface area contributed by atoms with Crippen molar-refractivity contribution in [3.63, 3.8) is 0 Å². The highest BCUT2D eigenvalue weighted by Gasteiger charge is 2.18. The largest absolute Gasteiger partial charge is 0.376 e. The summed E-state index contributed by atoms with van der Waals surface area (Å²) in [5.41, 5.74) is 0.866. The van der Waals surface area contributed by atoms with Gasteiger partial charge in [0.25, 0.3) is 10.0 Å². The molecule has 1 fully saturated rings. The van der Waals surface area contributed by atoms with Crippen LogP contribution in [0.4, 0.5) is 5.69 Å². The molecule has 3 rings (SSSR count). The van der Waals surface area contributed by atoms with Crippen LogP contribution in [0.3, 0.4) is 0 Å². The van der Waals surface area contributed by atoms with Gasteiger partial charge < -0.3 is 4.74 Å². The fourth-order valence-electron chi connectivity index (χ4n) is 2.76. The zero-order valence-electron chi connectivity index (χ0n) is 14.0. The number of benzene rings is 1. The van der Waals surface area contributed by atoms with E-state index in [-0.39, 0.29) is 16.8 Å². The Bertz CT molecular complexity index is 837. The predicted octanol–water partition coefficient (Wildman–Crippen LogP) is 2.46. The Balaban J connectivity index is 1.67.